The van der Waals surface area contributed by atoms with Crippen molar-refractivity contribution in [1.29, 1.82) is 0 Å². The molecule has 0 bridgehead atoms. The summed E-state index contributed by atoms with van der Waals surface area (Å²) in [5.74, 6) is 2.57. The second kappa shape index (κ2) is 14.0. The van der Waals surface area contributed by atoms with Gasteiger partial charge in [-0.15, -0.1) is 0 Å². The van der Waals surface area contributed by atoms with E-state index in [0.29, 0.717) is 29.1 Å². The summed E-state index contributed by atoms with van der Waals surface area (Å²) in [5, 5.41) is 2.27. The van der Waals surface area contributed by atoms with Crippen molar-refractivity contribution in [3.63, 3.8) is 0 Å². The monoisotopic (exact) mass is 520 g/mol. The van der Waals surface area contributed by atoms with Crippen molar-refractivity contribution < 1.29 is 9.47 Å². The molecule has 188 valence electrons. The van der Waals surface area contributed by atoms with Gasteiger partial charge in [-0.2, -0.15) is 0 Å². The highest BCUT2D eigenvalue weighted by Crippen LogP contribution is 2.37. The Hall–Kier alpha value is -2.94. The Bertz CT molecular complexity index is 1170. The van der Waals surface area contributed by atoms with Gasteiger partial charge in [0.05, 0.1) is 0 Å². The first-order valence-corrected chi connectivity index (χ1v) is 13.9. The molecular formula is C28H32N4O2S2. The molecule has 6 nitrogen and oxygen atoms in total. The predicted molar refractivity (Wildman–Crippen MR) is 151 cm³/mol. The van der Waals surface area contributed by atoms with Crippen molar-refractivity contribution in [3.8, 4) is 17.2 Å². The van der Waals surface area contributed by atoms with E-state index in [-0.39, 0.29) is 0 Å². The lowest BCUT2D eigenvalue weighted by Crippen LogP contribution is -2.33. The fraction of sp³-hybridized carbons (Fsp3) is 0.286. The summed E-state index contributed by atoms with van der Waals surface area (Å²) in [6.07, 6.45) is 7.63. The summed E-state index contributed by atoms with van der Waals surface area (Å²) in [7, 11) is 0. The molecule has 1 aromatic heterocycles. The minimum atomic E-state index is 0.397. The van der Waals surface area contributed by atoms with E-state index in [2.05, 4.69) is 27.0 Å². The zero-order valence-corrected chi connectivity index (χ0v) is 22.1. The summed E-state index contributed by atoms with van der Waals surface area (Å²) < 4.78 is 12.2. The number of pyridine rings is 1. The number of hydrogen-bond acceptors (Lipinski definition) is 7. The summed E-state index contributed by atoms with van der Waals surface area (Å²) in [4.78, 5) is 13.5. The van der Waals surface area contributed by atoms with Gasteiger partial charge in [0.25, 0.3) is 0 Å². The van der Waals surface area contributed by atoms with E-state index in [1.54, 1.807) is 18.0 Å². The Kier molecular flexibility index (Phi) is 10.1. The third kappa shape index (κ3) is 8.33. The lowest BCUT2D eigenvalue weighted by Gasteiger charge is -2.26. The molecule has 1 fully saturated rings. The molecule has 4 rings (SSSR count). The number of rotatable bonds is 10. The van der Waals surface area contributed by atoms with E-state index < -0.39 is 0 Å². The van der Waals surface area contributed by atoms with Crippen molar-refractivity contribution in [2.75, 3.05) is 26.2 Å². The average Bonchev–Trinajstić information content (AvgIpc) is 2.90. The maximum atomic E-state index is 6.13. The largest absolute Gasteiger partial charge is 0.492 e. The number of nitrogens with two attached hydrogens (primary N) is 1. The third-order valence-electron chi connectivity index (χ3n) is 5.49. The van der Waals surface area contributed by atoms with Gasteiger partial charge in [0.2, 0.25) is 0 Å². The number of nitrogens with zero attached hydrogens (tertiary/aromatic N) is 3. The van der Waals surface area contributed by atoms with Crippen molar-refractivity contribution in [2.24, 2.45) is 10.7 Å². The normalized spacial score (nSPS) is 14.8. The quantitative estimate of drug-likeness (QED) is 0.226. The van der Waals surface area contributed by atoms with E-state index in [1.165, 1.54) is 44.1 Å². The molecule has 1 aliphatic rings. The molecule has 8 heteroatoms. The highest BCUT2D eigenvalue weighted by molar-refractivity contribution is 8.16. The molecule has 0 unspecified atom stereocenters. The number of allylic oxidation sites excluding steroid dienone is 1. The second-order valence-electron chi connectivity index (χ2n) is 8.27. The summed E-state index contributed by atoms with van der Waals surface area (Å²) >= 11 is 2.94. The van der Waals surface area contributed by atoms with Gasteiger partial charge in [-0.05, 0) is 68.6 Å². The Morgan fingerprint density at radius 1 is 1.03 bits per heavy atom. The van der Waals surface area contributed by atoms with Crippen LogP contribution in [0, 0.1) is 0 Å². The van der Waals surface area contributed by atoms with Crippen LogP contribution in [0.2, 0.25) is 0 Å². The summed E-state index contributed by atoms with van der Waals surface area (Å²) in [6.45, 7) is 5.96. The number of aromatic nitrogens is 1. The first-order chi connectivity index (χ1) is 17.7. The zero-order valence-electron chi connectivity index (χ0n) is 20.5. The first kappa shape index (κ1) is 26.1. The number of benzene rings is 2. The number of ether oxygens (including phenoxy) is 2. The summed E-state index contributed by atoms with van der Waals surface area (Å²) in [6, 6.07) is 19.7. The van der Waals surface area contributed by atoms with Gasteiger partial charge in [0.1, 0.15) is 18.1 Å². The number of hydrogen-bond donors (Lipinski definition) is 1. The lowest BCUT2D eigenvalue weighted by atomic mass is 10.1. The van der Waals surface area contributed by atoms with Crippen LogP contribution in [0.15, 0.2) is 93.1 Å². The molecule has 0 radical (unpaired) electrons. The van der Waals surface area contributed by atoms with E-state index in [1.807, 2.05) is 66.9 Å². The highest BCUT2D eigenvalue weighted by atomic mass is 32.2. The number of thioether (sulfide) groups is 1. The van der Waals surface area contributed by atoms with Crippen LogP contribution in [0.5, 0.6) is 17.2 Å². The van der Waals surface area contributed by atoms with Gasteiger partial charge in [0, 0.05) is 28.6 Å². The Labute approximate surface area is 222 Å². The van der Waals surface area contributed by atoms with Crippen molar-refractivity contribution in [2.45, 2.75) is 36.0 Å². The van der Waals surface area contributed by atoms with Crippen LogP contribution in [-0.4, -0.2) is 41.3 Å². The molecule has 2 N–H and O–H groups in total. The smallest absolute Gasteiger partial charge is 0.198 e. The van der Waals surface area contributed by atoms with Crippen molar-refractivity contribution >= 4 is 34.5 Å². The van der Waals surface area contributed by atoms with Crippen molar-refractivity contribution in [3.05, 3.63) is 78.3 Å². The topological polar surface area (TPSA) is 73.0 Å². The molecule has 1 saturated heterocycles. The Balaban J connectivity index is 1.46. The number of amidine groups is 1. The molecule has 0 spiro atoms. The van der Waals surface area contributed by atoms with Gasteiger partial charge >= 0.3 is 0 Å². The molecule has 2 heterocycles. The van der Waals surface area contributed by atoms with Crippen LogP contribution in [0.4, 0.5) is 5.82 Å². The van der Waals surface area contributed by atoms with E-state index in [9.17, 15) is 0 Å². The molecule has 0 atom stereocenters. The molecule has 1 aliphatic heterocycles. The minimum absolute atomic E-state index is 0.397. The Morgan fingerprint density at radius 3 is 2.64 bits per heavy atom. The van der Waals surface area contributed by atoms with Gasteiger partial charge in [-0.1, -0.05) is 60.3 Å². The fourth-order valence-electron chi connectivity index (χ4n) is 3.76. The van der Waals surface area contributed by atoms with Crippen LogP contribution in [0.3, 0.4) is 0 Å². The van der Waals surface area contributed by atoms with Crippen LogP contribution in [0.25, 0.3) is 0 Å². The molecule has 0 aliphatic carbocycles. The van der Waals surface area contributed by atoms with Crippen LogP contribution >= 0.6 is 23.5 Å². The second-order valence-corrected chi connectivity index (χ2v) is 10.3. The molecular weight excluding hydrogens is 488 g/mol. The van der Waals surface area contributed by atoms with Gasteiger partial charge < -0.3 is 15.2 Å². The minimum Gasteiger partial charge on any atom is -0.492 e. The predicted octanol–water partition coefficient (Wildman–Crippen LogP) is 7.10. The molecule has 0 saturated carbocycles. The molecule has 2 aromatic carbocycles. The highest BCUT2D eigenvalue weighted by Gasteiger charge is 2.12. The van der Waals surface area contributed by atoms with Crippen molar-refractivity contribution in [1.82, 2.24) is 9.88 Å². The number of piperidine rings is 1. The maximum Gasteiger partial charge on any atom is 0.198 e. The molecule has 0 amide bonds. The third-order valence-corrected chi connectivity index (χ3v) is 7.18. The van der Waals surface area contributed by atoms with Crippen LogP contribution in [-0.2, 0) is 0 Å². The average molecular weight is 521 g/mol. The molecule has 3 aromatic rings. The number of likely N-dealkylation sites (tertiary alicyclic amines) is 1. The van der Waals surface area contributed by atoms with Gasteiger partial charge in [-0.25, -0.2) is 9.98 Å². The van der Waals surface area contributed by atoms with E-state index in [0.717, 1.165) is 22.1 Å². The standard InChI is InChI=1S/C28H32N4O2S2/c1-2-18-35-28(29)31-27-26(34-22-10-5-3-6-11-22)20-25(21-30-27)36-24-13-9-12-23(19-24)33-17-16-32-14-7-4-8-15-32/h2-3,5-6,9-13,18-21H,4,7-8,14-17H2,1H3,(H2,29,30,31)/b18-2+. The van der Waals surface area contributed by atoms with E-state index in [4.69, 9.17) is 15.2 Å². The van der Waals surface area contributed by atoms with Crippen LogP contribution in [0.1, 0.15) is 26.2 Å². The zero-order chi connectivity index (χ0) is 25.0. The van der Waals surface area contributed by atoms with E-state index >= 15 is 0 Å². The summed E-state index contributed by atoms with van der Waals surface area (Å²) in [5.41, 5.74) is 6.06. The first-order valence-electron chi connectivity index (χ1n) is 12.2. The SMILES string of the molecule is C/C=C/S/C(N)=N\c1ncc(Sc2cccc(OCCN3CCCCC3)c2)cc1Oc1ccccc1. The van der Waals surface area contributed by atoms with Gasteiger partial charge in [-0.3, -0.25) is 4.90 Å². The Morgan fingerprint density at radius 2 is 1.83 bits per heavy atom. The number of aliphatic imine (C=N–C) groups is 1. The molecule has 36 heavy (non-hydrogen) atoms. The maximum absolute atomic E-state index is 6.13. The fourth-order valence-corrected chi connectivity index (χ4v) is 5.04. The van der Waals surface area contributed by atoms with Gasteiger partial charge in [0.15, 0.2) is 16.7 Å². The number of para-hydroxylation sites is 1. The lowest BCUT2D eigenvalue weighted by molar-refractivity contribution is 0.183. The van der Waals surface area contributed by atoms with Crippen LogP contribution < -0.4 is 15.2 Å².